The van der Waals surface area contributed by atoms with Crippen molar-refractivity contribution in [1.29, 1.82) is 5.26 Å². The Kier molecular flexibility index (Phi) is 5.14. The summed E-state index contributed by atoms with van der Waals surface area (Å²) in [5.74, 6) is 0.276. The summed E-state index contributed by atoms with van der Waals surface area (Å²) in [6.07, 6.45) is 8.73. The van der Waals surface area contributed by atoms with E-state index in [9.17, 15) is 14.9 Å². The smallest absolute Gasteiger partial charge is 0.251 e. The standard InChI is InChI=1S/C25H25N5O2/c26-17-25(8-9-25)24(32)30-12-6-20(7-13-30)19-1-3-21(4-2-19)23(31)28-16-18-5-11-29-14-10-27-22(29)15-18/h1-5,10-11,14-15,20H,6-9,12-13,16H2,(H,28,31). The highest BCUT2D eigenvalue weighted by atomic mass is 16.2. The first kappa shape index (κ1) is 20.3. The minimum atomic E-state index is -0.730. The van der Waals surface area contributed by atoms with Gasteiger partial charge in [-0.05, 0) is 67.0 Å². The van der Waals surface area contributed by atoms with Crippen LogP contribution in [0.3, 0.4) is 0 Å². The van der Waals surface area contributed by atoms with Crippen molar-refractivity contribution in [3.05, 3.63) is 71.7 Å². The van der Waals surface area contributed by atoms with Gasteiger partial charge in [-0.3, -0.25) is 9.59 Å². The number of pyridine rings is 1. The molecule has 0 unspecified atom stereocenters. The van der Waals surface area contributed by atoms with E-state index in [1.54, 1.807) is 6.20 Å². The number of likely N-dealkylation sites (tertiary alicyclic amines) is 1. The van der Waals surface area contributed by atoms with Crippen LogP contribution in [0.15, 0.2) is 55.0 Å². The molecule has 3 aromatic rings. The van der Waals surface area contributed by atoms with Gasteiger partial charge in [-0.15, -0.1) is 0 Å². The summed E-state index contributed by atoms with van der Waals surface area (Å²) in [5, 5.41) is 12.2. The third-order valence-corrected chi connectivity index (χ3v) is 6.72. The molecule has 0 radical (unpaired) electrons. The second kappa shape index (κ2) is 8.12. The summed E-state index contributed by atoms with van der Waals surface area (Å²) in [6, 6.07) is 13.9. The van der Waals surface area contributed by atoms with E-state index in [2.05, 4.69) is 16.4 Å². The van der Waals surface area contributed by atoms with Crippen molar-refractivity contribution in [2.75, 3.05) is 13.1 Å². The third kappa shape index (κ3) is 3.84. The monoisotopic (exact) mass is 427 g/mol. The second-order valence-corrected chi connectivity index (χ2v) is 8.79. The number of benzene rings is 1. The molecule has 1 saturated carbocycles. The number of carbonyl (C=O) groups excluding carboxylic acids is 2. The molecule has 7 nitrogen and oxygen atoms in total. The summed E-state index contributed by atoms with van der Waals surface area (Å²) >= 11 is 0. The Balaban J connectivity index is 1.15. The lowest BCUT2D eigenvalue weighted by Gasteiger charge is -2.33. The molecule has 32 heavy (non-hydrogen) atoms. The minimum absolute atomic E-state index is 0.0115. The second-order valence-electron chi connectivity index (χ2n) is 8.79. The molecule has 0 bridgehead atoms. The molecule has 0 spiro atoms. The van der Waals surface area contributed by atoms with Gasteiger partial charge >= 0.3 is 0 Å². The Labute approximate surface area is 186 Å². The Bertz CT molecular complexity index is 1200. The number of imidazole rings is 1. The number of hydrogen-bond donors (Lipinski definition) is 1. The first-order valence-electron chi connectivity index (χ1n) is 11.1. The Morgan fingerprint density at radius 1 is 1.12 bits per heavy atom. The van der Waals surface area contributed by atoms with Gasteiger partial charge in [0.25, 0.3) is 5.91 Å². The molecule has 5 rings (SSSR count). The van der Waals surface area contributed by atoms with Crippen LogP contribution >= 0.6 is 0 Å². The fourth-order valence-corrected chi connectivity index (χ4v) is 4.47. The predicted octanol–water partition coefficient (Wildman–Crippen LogP) is 3.27. The number of aromatic nitrogens is 2. The number of piperidine rings is 1. The molecule has 1 N–H and O–H groups in total. The maximum atomic E-state index is 12.6. The average molecular weight is 428 g/mol. The summed E-state index contributed by atoms with van der Waals surface area (Å²) in [5.41, 5.74) is 2.95. The first-order chi connectivity index (χ1) is 15.6. The molecule has 3 heterocycles. The van der Waals surface area contributed by atoms with E-state index in [4.69, 9.17) is 0 Å². The summed E-state index contributed by atoms with van der Waals surface area (Å²) in [6.45, 7) is 1.83. The van der Waals surface area contributed by atoms with Crippen LogP contribution in [0.1, 0.15) is 53.1 Å². The van der Waals surface area contributed by atoms with Gasteiger partial charge in [-0.1, -0.05) is 12.1 Å². The molecule has 1 aliphatic heterocycles. The molecule has 1 aliphatic carbocycles. The van der Waals surface area contributed by atoms with Crippen molar-refractivity contribution in [2.45, 2.75) is 38.1 Å². The van der Waals surface area contributed by atoms with Crippen LogP contribution in [-0.4, -0.2) is 39.2 Å². The van der Waals surface area contributed by atoms with E-state index < -0.39 is 5.41 Å². The molecule has 1 saturated heterocycles. The molecule has 7 heteroatoms. The number of rotatable bonds is 5. The normalized spacial score (nSPS) is 17.7. The van der Waals surface area contributed by atoms with Crippen molar-refractivity contribution in [1.82, 2.24) is 19.6 Å². The van der Waals surface area contributed by atoms with Gasteiger partial charge in [-0.25, -0.2) is 4.98 Å². The van der Waals surface area contributed by atoms with E-state index in [1.807, 2.05) is 58.1 Å². The van der Waals surface area contributed by atoms with Crippen molar-refractivity contribution in [2.24, 2.45) is 5.41 Å². The van der Waals surface area contributed by atoms with Crippen molar-refractivity contribution in [3.8, 4) is 6.07 Å². The largest absolute Gasteiger partial charge is 0.348 e. The Morgan fingerprint density at radius 3 is 2.56 bits per heavy atom. The Hall–Kier alpha value is -3.66. The number of fused-ring (bicyclic) bond motifs is 1. The molecule has 1 aromatic carbocycles. The fourth-order valence-electron chi connectivity index (χ4n) is 4.47. The van der Waals surface area contributed by atoms with Crippen LogP contribution in [0.2, 0.25) is 0 Å². The van der Waals surface area contributed by atoms with Gasteiger partial charge in [0.15, 0.2) is 0 Å². The van der Waals surface area contributed by atoms with Gasteiger partial charge < -0.3 is 14.6 Å². The van der Waals surface area contributed by atoms with E-state index >= 15 is 0 Å². The zero-order chi connectivity index (χ0) is 22.1. The average Bonchev–Trinajstić information content (AvgIpc) is 3.51. The predicted molar refractivity (Wildman–Crippen MR) is 119 cm³/mol. The highest BCUT2D eigenvalue weighted by molar-refractivity contribution is 5.94. The number of carbonyl (C=O) groups is 2. The zero-order valence-corrected chi connectivity index (χ0v) is 17.8. The van der Waals surface area contributed by atoms with Gasteiger partial charge in [0, 0.05) is 43.8 Å². The summed E-state index contributed by atoms with van der Waals surface area (Å²) in [4.78, 5) is 31.2. The number of nitriles is 1. The Morgan fingerprint density at radius 2 is 1.88 bits per heavy atom. The van der Waals surface area contributed by atoms with Crippen LogP contribution in [0, 0.1) is 16.7 Å². The van der Waals surface area contributed by atoms with Crippen LogP contribution < -0.4 is 5.32 Å². The number of hydrogen-bond acceptors (Lipinski definition) is 4. The molecule has 0 atom stereocenters. The molecule has 162 valence electrons. The lowest BCUT2D eigenvalue weighted by atomic mass is 9.88. The minimum Gasteiger partial charge on any atom is -0.348 e. The van der Waals surface area contributed by atoms with Gasteiger partial charge in [0.1, 0.15) is 11.1 Å². The van der Waals surface area contributed by atoms with Crippen LogP contribution in [-0.2, 0) is 11.3 Å². The van der Waals surface area contributed by atoms with Crippen LogP contribution in [0.5, 0.6) is 0 Å². The fraction of sp³-hybridized carbons (Fsp3) is 0.360. The molecular formula is C25H25N5O2. The lowest BCUT2D eigenvalue weighted by molar-refractivity contribution is -0.136. The van der Waals surface area contributed by atoms with E-state index in [-0.39, 0.29) is 11.8 Å². The number of nitrogens with zero attached hydrogens (tertiary/aromatic N) is 4. The number of amides is 2. The van der Waals surface area contributed by atoms with E-state index in [0.717, 1.165) is 24.1 Å². The maximum absolute atomic E-state index is 12.6. The van der Waals surface area contributed by atoms with Crippen LogP contribution in [0.25, 0.3) is 5.65 Å². The summed E-state index contributed by atoms with van der Waals surface area (Å²) in [7, 11) is 0. The van der Waals surface area contributed by atoms with Gasteiger partial charge in [0.2, 0.25) is 5.91 Å². The first-order valence-corrected chi connectivity index (χ1v) is 11.1. The lowest BCUT2D eigenvalue weighted by Crippen LogP contribution is -2.41. The SMILES string of the molecule is N#CC1(C(=O)N2CCC(c3ccc(C(=O)NCc4ccn5ccnc5c4)cc3)CC2)CC1. The van der Waals surface area contributed by atoms with Gasteiger partial charge in [0.05, 0.1) is 6.07 Å². The van der Waals surface area contributed by atoms with Crippen molar-refractivity contribution >= 4 is 17.5 Å². The molecule has 2 aliphatic rings. The highest BCUT2D eigenvalue weighted by Crippen LogP contribution is 2.47. The summed E-state index contributed by atoms with van der Waals surface area (Å²) < 4.78 is 1.93. The quantitative estimate of drug-likeness (QED) is 0.677. The third-order valence-electron chi connectivity index (χ3n) is 6.72. The van der Waals surface area contributed by atoms with Gasteiger partial charge in [-0.2, -0.15) is 5.26 Å². The molecular weight excluding hydrogens is 402 g/mol. The zero-order valence-electron chi connectivity index (χ0n) is 17.8. The van der Waals surface area contributed by atoms with Crippen LogP contribution in [0.4, 0.5) is 0 Å². The maximum Gasteiger partial charge on any atom is 0.251 e. The van der Waals surface area contributed by atoms with E-state index in [1.165, 1.54) is 5.56 Å². The molecule has 2 fully saturated rings. The van der Waals surface area contributed by atoms with E-state index in [0.29, 0.717) is 44.0 Å². The number of nitrogens with one attached hydrogen (secondary N) is 1. The topological polar surface area (TPSA) is 90.5 Å². The highest BCUT2D eigenvalue weighted by Gasteiger charge is 2.52. The molecule has 2 amide bonds. The molecule has 2 aromatic heterocycles. The van der Waals surface area contributed by atoms with Crippen molar-refractivity contribution in [3.63, 3.8) is 0 Å². The van der Waals surface area contributed by atoms with Crippen molar-refractivity contribution < 1.29 is 9.59 Å².